The van der Waals surface area contributed by atoms with E-state index in [0.717, 1.165) is 6.26 Å². The molecule has 0 heterocycles. The summed E-state index contributed by atoms with van der Waals surface area (Å²) >= 11 is 5.25. The number of rotatable bonds is 3. The van der Waals surface area contributed by atoms with Crippen LogP contribution in [-0.2, 0) is 14.6 Å². The van der Waals surface area contributed by atoms with Gasteiger partial charge >= 0.3 is 0 Å². The molecule has 0 radical (unpaired) electrons. The molecule has 0 rings (SSSR count). The van der Waals surface area contributed by atoms with Gasteiger partial charge in [0.1, 0.15) is 15.2 Å². The van der Waals surface area contributed by atoms with Crippen molar-refractivity contribution >= 4 is 27.3 Å². The second kappa shape index (κ2) is 3.21. The predicted octanol–water partition coefficient (Wildman–Crippen LogP) is -0.876. The first-order chi connectivity index (χ1) is 4.33. The van der Waals surface area contributed by atoms with Gasteiger partial charge in [0.25, 0.3) is 0 Å². The number of hydrogen-bond acceptors (Lipinski definition) is 3. The molecule has 6 heteroatoms. The molecular formula is C4H8ClNO3S. The van der Waals surface area contributed by atoms with Crippen LogP contribution >= 0.6 is 11.6 Å². The van der Waals surface area contributed by atoms with Gasteiger partial charge in [-0.05, 0) is 0 Å². The molecule has 10 heavy (non-hydrogen) atoms. The highest BCUT2D eigenvalue weighted by atomic mass is 35.5. The van der Waals surface area contributed by atoms with Crippen LogP contribution in [0, 0.1) is 0 Å². The first-order valence-electron chi connectivity index (χ1n) is 2.44. The largest absolute Gasteiger partial charge is 0.368 e. The fourth-order valence-corrected chi connectivity index (χ4v) is 1.73. The van der Waals surface area contributed by atoms with Gasteiger partial charge in [-0.25, -0.2) is 8.42 Å². The van der Waals surface area contributed by atoms with E-state index in [2.05, 4.69) is 0 Å². The molecule has 0 saturated carbocycles. The monoisotopic (exact) mass is 185 g/mol. The van der Waals surface area contributed by atoms with Gasteiger partial charge in [0.2, 0.25) is 5.91 Å². The summed E-state index contributed by atoms with van der Waals surface area (Å²) in [6, 6.07) is 0. The Hall–Kier alpha value is -0.290. The van der Waals surface area contributed by atoms with Crippen molar-refractivity contribution in [3.63, 3.8) is 0 Å². The van der Waals surface area contributed by atoms with Crippen molar-refractivity contribution < 1.29 is 13.2 Å². The Morgan fingerprint density at radius 2 is 2.10 bits per heavy atom. The number of carbonyl (C=O) groups is 1. The molecule has 0 aliphatic heterocycles. The Morgan fingerprint density at radius 1 is 1.70 bits per heavy atom. The van der Waals surface area contributed by atoms with Crippen LogP contribution < -0.4 is 5.73 Å². The van der Waals surface area contributed by atoms with E-state index in [1.165, 1.54) is 0 Å². The minimum Gasteiger partial charge on any atom is -0.368 e. The Bertz CT molecular complexity index is 223. The Morgan fingerprint density at radius 3 is 2.20 bits per heavy atom. The van der Waals surface area contributed by atoms with E-state index in [1.54, 1.807) is 0 Å². The summed E-state index contributed by atoms with van der Waals surface area (Å²) in [6.45, 7) is 0. The minimum atomic E-state index is -3.20. The third kappa shape index (κ3) is 4.58. The van der Waals surface area contributed by atoms with E-state index in [0.29, 0.717) is 0 Å². The highest BCUT2D eigenvalue weighted by molar-refractivity contribution is 7.90. The van der Waals surface area contributed by atoms with Crippen molar-refractivity contribution in [2.45, 2.75) is 5.38 Å². The van der Waals surface area contributed by atoms with E-state index in [9.17, 15) is 13.2 Å². The molecule has 60 valence electrons. The summed E-state index contributed by atoms with van der Waals surface area (Å²) < 4.78 is 20.9. The van der Waals surface area contributed by atoms with E-state index in [1.807, 2.05) is 0 Å². The summed E-state index contributed by atoms with van der Waals surface area (Å²) in [6.07, 6.45) is 0.991. The molecule has 2 N–H and O–H groups in total. The quantitative estimate of drug-likeness (QED) is 0.581. The van der Waals surface area contributed by atoms with E-state index >= 15 is 0 Å². The lowest BCUT2D eigenvalue weighted by Gasteiger charge is -2.00. The predicted molar refractivity (Wildman–Crippen MR) is 38.5 cm³/mol. The zero-order valence-corrected chi connectivity index (χ0v) is 6.95. The fraction of sp³-hybridized carbons (Fsp3) is 0.750. The van der Waals surface area contributed by atoms with Crippen molar-refractivity contribution in [3.8, 4) is 0 Å². The van der Waals surface area contributed by atoms with Crippen molar-refractivity contribution in [1.82, 2.24) is 0 Å². The highest BCUT2D eigenvalue weighted by Crippen LogP contribution is 1.98. The van der Waals surface area contributed by atoms with Gasteiger partial charge in [-0.3, -0.25) is 4.79 Å². The Kier molecular flexibility index (Phi) is 3.11. The van der Waals surface area contributed by atoms with Crippen LogP contribution in [0.4, 0.5) is 0 Å². The van der Waals surface area contributed by atoms with Gasteiger partial charge in [-0.15, -0.1) is 11.6 Å². The molecule has 0 aromatic carbocycles. The summed E-state index contributed by atoms with van der Waals surface area (Å²) in [7, 11) is -3.20. The summed E-state index contributed by atoms with van der Waals surface area (Å²) in [5, 5.41) is -1.12. The molecule has 0 aliphatic carbocycles. The van der Waals surface area contributed by atoms with Crippen LogP contribution in [-0.4, -0.2) is 31.7 Å². The van der Waals surface area contributed by atoms with Crippen LogP contribution in [0.1, 0.15) is 0 Å². The second-order valence-corrected chi connectivity index (χ2v) is 4.67. The molecule has 0 aliphatic rings. The summed E-state index contributed by atoms with van der Waals surface area (Å²) in [5.41, 5.74) is 4.71. The van der Waals surface area contributed by atoms with Crippen LogP contribution in [0.2, 0.25) is 0 Å². The molecule has 1 atom stereocenters. The van der Waals surface area contributed by atoms with Gasteiger partial charge in [0.05, 0.1) is 5.75 Å². The number of nitrogens with two attached hydrogens (primary N) is 1. The Labute approximate surface area is 64.3 Å². The maximum Gasteiger partial charge on any atom is 0.236 e. The lowest BCUT2D eigenvalue weighted by atomic mass is 10.5. The third-order valence-corrected chi connectivity index (χ3v) is 2.25. The SMILES string of the molecule is CS(=O)(=O)CC(Cl)C(N)=O. The molecule has 0 saturated heterocycles. The molecule has 1 unspecified atom stereocenters. The number of halogens is 1. The lowest BCUT2D eigenvalue weighted by molar-refractivity contribution is -0.117. The van der Waals surface area contributed by atoms with Gasteiger partial charge < -0.3 is 5.73 Å². The molecule has 0 spiro atoms. The topological polar surface area (TPSA) is 77.2 Å². The van der Waals surface area contributed by atoms with Gasteiger partial charge in [-0.1, -0.05) is 0 Å². The zero-order chi connectivity index (χ0) is 8.36. The maximum absolute atomic E-state index is 10.5. The average molecular weight is 186 g/mol. The van der Waals surface area contributed by atoms with Crippen LogP contribution in [0.25, 0.3) is 0 Å². The molecule has 0 aromatic rings. The standard InChI is InChI=1S/C4H8ClNO3S/c1-10(8,9)2-3(5)4(6)7/h3H,2H2,1H3,(H2,6,7). The van der Waals surface area contributed by atoms with E-state index in [4.69, 9.17) is 17.3 Å². The maximum atomic E-state index is 10.5. The van der Waals surface area contributed by atoms with Crippen LogP contribution in [0.3, 0.4) is 0 Å². The van der Waals surface area contributed by atoms with Gasteiger partial charge in [0, 0.05) is 6.26 Å². The first-order valence-corrected chi connectivity index (χ1v) is 4.94. The number of sulfone groups is 1. The molecule has 4 nitrogen and oxygen atoms in total. The van der Waals surface area contributed by atoms with Crippen molar-refractivity contribution in [2.24, 2.45) is 5.73 Å². The van der Waals surface area contributed by atoms with E-state index in [-0.39, 0.29) is 0 Å². The number of alkyl halides is 1. The first kappa shape index (κ1) is 9.71. The van der Waals surface area contributed by atoms with Crippen LogP contribution in [0.5, 0.6) is 0 Å². The Balaban J connectivity index is 4.06. The zero-order valence-electron chi connectivity index (χ0n) is 5.37. The normalized spacial score (nSPS) is 14.6. The second-order valence-electron chi connectivity index (χ2n) is 1.96. The average Bonchev–Trinajstić information content (AvgIpc) is 1.60. The third-order valence-electron chi connectivity index (χ3n) is 0.758. The van der Waals surface area contributed by atoms with Crippen molar-refractivity contribution in [3.05, 3.63) is 0 Å². The van der Waals surface area contributed by atoms with Gasteiger partial charge in [-0.2, -0.15) is 0 Å². The van der Waals surface area contributed by atoms with Crippen LogP contribution in [0.15, 0.2) is 0 Å². The van der Waals surface area contributed by atoms with Crippen molar-refractivity contribution in [1.29, 1.82) is 0 Å². The smallest absolute Gasteiger partial charge is 0.236 e. The number of carbonyl (C=O) groups excluding carboxylic acids is 1. The molecule has 0 bridgehead atoms. The number of amides is 1. The molecule has 0 aromatic heterocycles. The number of primary amides is 1. The minimum absolute atomic E-state index is 0.399. The lowest BCUT2D eigenvalue weighted by Crippen LogP contribution is -2.29. The number of hydrogen-bond donors (Lipinski definition) is 1. The molecular weight excluding hydrogens is 178 g/mol. The fourth-order valence-electron chi connectivity index (χ4n) is 0.348. The van der Waals surface area contributed by atoms with Gasteiger partial charge in [0.15, 0.2) is 0 Å². The molecule has 0 fully saturated rings. The summed E-state index contributed by atoms with van der Waals surface area (Å²) in [5.74, 6) is -1.21. The summed E-state index contributed by atoms with van der Waals surface area (Å²) in [4.78, 5) is 10.2. The molecule has 1 amide bonds. The van der Waals surface area contributed by atoms with E-state index < -0.39 is 26.9 Å². The highest BCUT2D eigenvalue weighted by Gasteiger charge is 2.16. The van der Waals surface area contributed by atoms with Crippen molar-refractivity contribution in [2.75, 3.05) is 12.0 Å².